The molecule has 11 nitrogen and oxygen atoms in total. The summed E-state index contributed by atoms with van der Waals surface area (Å²) in [6, 6.07) is 3.55. The number of aryl methyl sites for hydroxylation is 1. The van der Waals surface area contributed by atoms with Gasteiger partial charge in [0.15, 0.2) is 10.9 Å². The number of hydrogen-bond donors (Lipinski definition) is 3. The van der Waals surface area contributed by atoms with Crippen LogP contribution in [0, 0.1) is 6.92 Å². The van der Waals surface area contributed by atoms with Crippen LogP contribution >= 0.6 is 11.3 Å². The Hall–Kier alpha value is -3.45. The highest BCUT2D eigenvalue weighted by atomic mass is 32.1. The topological polar surface area (TPSA) is 155 Å². The van der Waals surface area contributed by atoms with Gasteiger partial charge in [-0.05, 0) is 31.4 Å². The average Bonchev–Trinajstić information content (AvgIpc) is 3.26. The fourth-order valence-electron chi connectivity index (χ4n) is 4.32. The number of fused-ring (bicyclic) bond motifs is 1. The molecular formula is C22H26BN5O6S. The van der Waals surface area contributed by atoms with Gasteiger partial charge in [0.05, 0.1) is 5.69 Å². The number of likely N-dealkylation sites (N-methyl/N-ethyl adjacent to an activating group) is 1. The third kappa shape index (κ3) is 5.00. The first kappa shape index (κ1) is 24.7. The van der Waals surface area contributed by atoms with E-state index in [1.54, 1.807) is 12.3 Å². The molecule has 4 N–H and O–H groups in total. The van der Waals surface area contributed by atoms with Gasteiger partial charge in [-0.3, -0.25) is 19.3 Å². The third-order valence-corrected chi connectivity index (χ3v) is 6.93. The fourth-order valence-corrected chi connectivity index (χ4v) is 4.90. The molecule has 0 spiro atoms. The van der Waals surface area contributed by atoms with Gasteiger partial charge in [-0.15, -0.1) is 11.3 Å². The summed E-state index contributed by atoms with van der Waals surface area (Å²) in [7, 11) is -1.20. The normalized spacial score (nSPS) is 18.7. The zero-order chi connectivity index (χ0) is 25.3. The molecule has 0 unspecified atom stereocenters. The summed E-state index contributed by atoms with van der Waals surface area (Å²) in [5.41, 5.74) is 7.73. The number of amides is 4. The number of nitrogens with two attached hydrogens (primary N) is 1. The molecule has 0 aliphatic carbocycles. The molecule has 1 fully saturated rings. The monoisotopic (exact) mass is 499 g/mol. The van der Waals surface area contributed by atoms with E-state index in [4.69, 9.17) is 10.4 Å². The van der Waals surface area contributed by atoms with E-state index in [0.717, 1.165) is 27.4 Å². The molecule has 2 aromatic rings. The fraction of sp³-hybridized carbons (Fsp3) is 0.409. The Labute approximate surface area is 206 Å². The van der Waals surface area contributed by atoms with Gasteiger partial charge in [0.2, 0.25) is 0 Å². The highest BCUT2D eigenvalue weighted by Crippen LogP contribution is 2.37. The number of para-hydroxylation sites is 1. The molecule has 0 radical (unpaired) electrons. The zero-order valence-electron chi connectivity index (χ0n) is 19.4. The van der Waals surface area contributed by atoms with Crippen molar-refractivity contribution in [2.75, 3.05) is 25.4 Å². The quantitative estimate of drug-likeness (QED) is 0.392. The summed E-state index contributed by atoms with van der Waals surface area (Å²) < 4.78 is 5.68. The maximum absolute atomic E-state index is 13.4. The van der Waals surface area contributed by atoms with E-state index in [1.807, 2.05) is 25.1 Å². The second kappa shape index (κ2) is 10.0. The Balaban J connectivity index is 1.51. The number of nitrogens with zero attached hydrogens (tertiary/aromatic N) is 3. The van der Waals surface area contributed by atoms with Gasteiger partial charge in [0.1, 0.15) is 11.8 Å². The predicted octanol–water partition coefficient (Wildman–Crippen LogP) is 0.920. The van der Waals surface area contributed by atoms with Crippen LogP contribution in [0.15, 0.2) is 23.6 Å². The van der Waals surface area contributed by atoms with Crippen molar-refractivity contribution in [2.45, 2.75) is 38.5 Å². The average molecular weight is 499 g/mol. The van der Waals surface area contributed by atoms with Crippen LogP contribution in [-0.4, -0.2) is 70.2 Å². The number of urea groups is 1. The molecule has 184 valence electrons. The number of anilines is 1. The van der Waals surface area contributed by atoms with Crippen LogP contribution < -0.4 is 15.7 Å². The van der Waals surface area contributed by atoms with Gasteiger partial charge in [0, 0.05) is 37.3 Å². The van der Waals surface area contributed by atoms with E-state index in [2.05, 4.69) is 10.3 Å². The summed E-state index contributed by atoms with van der Waals surface area (Å²) >= 11 is 1.10. The van der Waals surface area contributed by atoms with Crippen molar-refractivity contribution in [2.24, 2.45) is 0 Å². The van der Waals surface area contributed by atoms with Crippen molar-refractivity contribution in [3.8, 4) is 5.75 Å². The van der Waals surface area contributed by atoms with Crippen LogP contribution in [0.2, 0.25) is 5.82 Å². The van der Waals surface area contributed by atoms with Crippen molar-refractivity contribution in [1.29, 1.82) is 0 Å². The molecule has 1 aromatic carbocycles. The highest BCUT2D eigenvalue weighted by molar-refractivity contribution is 7.13. The molecule has 2 aliphatic rings. The molecule has 13 heteroatoms. The van der Waals surface area contributed by atoms with Gasteiger partial charge in [0.25, 0.3) is 0 Å². The number of ketones is 1. The van der Waals surface area contributed by atoms with Gasteiger partial charge < -0.3 is 25.6 Å². The zero-order valence-corrected chi connectivity index (χ0v) is 20.2. The summed E-state index contributed by atoms with van der Waals surface area (Å²) in [6.45, 7) is 4.19. The lowest BCUT2D eigenvalue weighted by atomic mass is 9.64. The molecule has 2 atom stereocenters. The lowest BCUT2D eigenvalue weighted by Gasteiger charge is -2.33. The first-order valence-electron chi connectivity index (χ1n) is 11.3. The standard InChI is InChI=1S/C22H26BN5O6S/c1-3-27-7-8-28(20(31)19(27)30)22(32)26-17(15-11-35-21(24)25-15)16(29)10-14-9-13-6-4-5-12(2)18(13)34-23(14)33/h4-6,11,14,17,33H,3,7-10H2,1-2H3,(H2,24,25)(H,26,32)/t14-,17-/m1/s1. The molecule has 35 heavy (non-hydrogen) atoms. The number of nitrogens with one attached hydrogen (secondary N) is 1. The number of thiazole rings is 1. The van der Waals surface area contributed by atoms with Crippen LogP contribution in [-0.2, 0) is 20.8 Å². The number of nitrogen functional groups attached to an aromatic ring is 1. The summed E-state index contributed by atoms with van der Waals surface area (Å²) in [5.74, 6) is -2.11. The third-order valence-electron chi connectivity index (χ3n) is 6.24. The van der Waals surface area contributed by atoms with Gasteiger partial charge in [-0.25, -0.2) is 9.78 Å². The van der Waals surface area contributed by atoms with Gasteiger partial charge >= 0.3 is 25.0 Å². The largest absolute Gasteiger partial charge is 0.536 e. The van der Waals surface area contributed by atoms with Crippen LogP contribution in [0.4, 0.5) is 9.93 Å². The van der Waals surface area contributed by atoms with Crippen LogP contribution in [0.25, 0.3) is 0 Å². The Bertz CT molecular complexity index is 1170. The molecule has 1 aromatic heterocycles. The molecule has 4 amide bonds. The van der Waals surface area contributed by atoms with Crippen molar-refractivity contribution in [1.82, 2.24) is 20.1 Å². The number of carbonyl (C=O) groups excluding carboxylic acids is 4. The van der Waals surface area contributed by atoms with Crippen LogP contribution in [0.3, 0.4) is 0 Å². The minimum atomic E-state index is -1.21. The Morgan fingerprint density at radius 1 is 1.34 bits per heavy atom. The molecule has 2 aliphatic heterocycles. The summed E-state index contributed by atoms with van der Waals surface area (Å²) in [6.07, 6.45) is 0.295. The summed E-state index contributed by atoms with van der Waals surface area (Å²) in [5, 5.41) is 14.9. The molecule has 4 rings (SSSR count). The van der Waals surface area contributed by atoms with E-state index in [-0.39, 0.29) is 30.3 Å². The molecular weight excluding hydrogens is 473 g/mol. The highest BCUT2D eigenvalue weighted by Gasteiger charge is 2.40. The van der Waals surface area contributed by atoms with E-state index in [1.165, 1.54) is 4.90 Å². The van der Waals surface area contributed by atoms with E-state index in [0.29, 0.717) is 18.7 Å². The van der Waals surface area contributed by atoms with Crippen LogP contribution in [0.5, 0.6) is 5.75 Å². The molecule has 0 saturated carbocycles. The number of Topliss-reactive ketones (excluding diaryl/α,β-unsaturated/α-hetero) is 1. The number of carbonyl (C=O) groups is 4. The Kier molecular flexibility index (Phi) is 7.08. The van der Waals surface area contributed by atoms with E-state index < -0.39 is 42.6 Å². The lowest BCUT2D eigenvalue weighted by Crippen LogP contribution is -2.58. The van der Waals surface area contributed by atoms with Crippen molar-refractivity contribution in [3.05, 3.63) is 40.4 Å². The van der Waals surface area contributed by atoms with E-state index in [9.17, 15) is 24.2 Å². The number of hydrogen-bond acceptors (Lipinski definition) is 9. The predicted molar refractivity (Wildman–Crippen MR) is 129 cm³/mol. The number of aromatic nitrogens is 1. The maximum atomic E-state index is 13.4. The Morgan fingerprint density at radius 2 is 2.11 bits per heavy atom. The number of rotatable bonds is 6. The van der Waals surface area contributed by atoms with Crippen molar-refractivity contribution in [3.63, 3.8) is 0 Å². The molecule has 3 heterocycles. The second-order valence-electron chi connectivity index (χ2n) is 8.54. The molecule has 1 saturated heterocycles. The van der Waals surface area contributed by atoms with Crippen molar-refractivity contribution < 1.29 is 28.9 Å². The smallest absolute Gasteiger partial charge is 0.526 e. The minimum absolute atomic E-state index is 0.00960. The van der Waals surface area contributed by atoms with Crippen molar-refractivity contribution >= 4 is 47.2 Å². The second-order valence-corrected chi connectivity index (χ2v) is 9.43. The first-order chi connectivity index (χ1) is 16.7. The maximum Gasteiger partial charge on any atom is 0.526 e. The van der Waals surface area contributed by atoms with E-state index >= 15 is 0 Å². The first-order valence-corrected chi connectivity index (χ1v) is 12.2. The number of piperazine rings is 1. The minimum Gasteiger partial charge on any atom is -0.536 e. The lowest BCUT2D eigenvalue weighted by molar-refractivity contribution is -0.153. The molecule has 0 bridgehead atoms. The van der Waals surface area contributed by atoms with Gasteiger partial charge in [-0.1, -0.05) is 18.2 Å². The van der Waals surface area contributed by atoms with Crippen LogP contribution in [0.1, 0.15) is 36.2 Å². The summed E-state index contributed by atoms with van der Waals surface area (Å²) in [4.78, 5) is 57.2. The Morgan fingerprint density at radius 3 is 2.80 bits per heavy atom. The SMILES string of the molecule is CCN1CCN(C(=O)N[C@@H](C(=O)C[C@H]2Cc3cccc(C)c3OB2O)c2csc(N)n2)C(=O)C1=O. The number of benzene rings is 1. The number of imide groups is 1. The van der Waals surface area contributed by atoms with Gasteiger partial charge in [-0.2, -0.15) is 0 Å².